The van der Waals surface area contributed by atoms with Gasteiger partial charge in [0, 0.05) is 5.54 Å². The van der Waals surface area contributed by atoms with Gasteiger partial charge in [0.25, 0.3) is 0 Å². The van der Waals surface area contributed by atoms with E-state index in [1.807, 2.05) is 48.5 Å². The molecule has 1 heterocycles. The van der Waals surface area contributed by atoms with Crippen molar-refractivity contribution in [2.45, 2.75) is 72.0 Å². The minimum absolute atomic E-state index is 0.0239. The van der Waals surface area contributed by atoms with Crippen molar-refractivity contribution in [3.8, 4) is 0 Å². The molecule has 1 N–H and O–H groups in total. The Kier molecular flexibility index (Phi) is 3.80. The van der Waals surface area contributed by atoms with Gasteiger partial charge in [0.1, 0.15) is 11.6 Å². The first-order chi connectivity index (χ1) is 8.04. The summed E-state index contributed by atoms with van der Waals surface area (Å²) in [4.78, 5) is 26.8. The summed E-state index contributed by atoms with van der Waals surface area (Å²) in [7, 11) is 0. The molecule has 2 amide bonds. The zero-order valence-electron chi connectivity index (χ0n) is 12.6. The number of carbonyl (C=O) groups is 2. The summed E-state index contributed by atoms with van der Waals surface area (Å²) >= 11 is 0. The van der Waals surface area contributed by atoms with E-state index in [4.69, 9.17) is 0 Å². The van der Waals surface area contributed by atoms with Gasteiger partial charge in [-0.15, -0.1) is 0 Å². The molecule has 1 saturated heterocycles. The monoisotopic (exact) mass is 254 g/mol. The van der Waals surface area contributed by atoms with Gasteiger partial charge in [0.15, 0.2) is 0 Å². The van der Waals surface area contributed by atoms with Crippen molar-refractivity contribution >= 4 is 11.8 Å². The van der Waals surface area contributed by atoms with Crippen molar-refractivity contribution in [2.24, 2.45) is 5.92 Å². The Morgan fingerprint density at radius 3 is 2.17 bits per heavy atom. The Hall–Kier alpha value is -1.06. The van der Waals surface area contributed by atoms with E-state index in [9.17, 15) is 9.59 Å². The summed E-state index contributed by atoms with van der Waals surface area (Å²) in [5.74, 6) is 0.0919. The van der Waals surface area contributed by atoms with Crippen LogP contribution in [0.25, 0.3) is 0 Å². The van der Waals surface area contributed by atoms with E-state index >= 15 is 0 Å². The third-order valence-electron chi connectivity index (χ3n) is 3.70. The second-order valence-corrected chi connectivity index (χ2v) is 6.71. The number of hydrogen-bond donors (Lipinski definition) is 1. The van der Waals surface area contributed by atoms with Gasteiger partial charge in [0.2, 0.25) is 11.8 Å². The van der Waals surface area contributed by atoms with Crippen LogP contribution in [0.3, 0.4) is 0 Å². The Bertz CT molecular complexity index is 357. The summed E-state index contributed by atoms with van der Waals surface area (Å²) in [5.41, 5.74) is -1.12. The maximum absolute atomic E-state index is 12.7. The van der Waals surface area contributed by atoms with Gasteiger partial charge in [-0.25, -0.2) is 0 Å². The molecule has 1 aliphatic rings. The van der Waals surface area contributed by atoms with Gasteiger partial charge >= 0.3 is 0 Å². The quantitative estimate of drug-likeness (QED) is 0.818. The summed E-state index contributed by atoms with van der Waals surface area (Å²) in [6.45, 7) is 13.6. The number of carbonyl (C=O) groups excluding carboxylic acids is 2. The van der Waals surface area contributed by atoms with E-state index < -0.39 is 5.54 Å². The van der Waals surface area contributed by atoms with Crippen molar-refractivity contribution in [1.82, 2.24) is 10.2 Å². The molecule has 0 spiro atoms. The molecular formula is C14H26N2O2. The molecule has 0 saturated carbocycles. The predicted molar refractivity (Wildman–Crippen MR) is 72.1 cm³/mol. The number of rotatable bonds is 2. The van der Waals surface area contributed by atoms with Gasteiger partial charge in [0.05, 0.1) is 0 Å². The van der Waals surface area contributed by atoms with E-state index in [0.717, 1.165) is 0 Å². The van der Waals surface area contributed by atoms with E-state index in [-0.39, 0.29) is 29.3 Å². The smallest absolute Gasteiger partial charge is 0.249 e. The third-order valence-corrected chi connectivity index (χ3v) is 3.70. The second kappa shape index (κ2) is 4.56. The summed E-state index contributed by atoms with van der Waals surface area (Å²) in [5, 5.41) is 2.90. The molecule has 1 fully saturated rings. The van der Waals surface area contributed by atoms with Crippen LogP contribution in [-0.4, -0.2) is 33.8 Å². The summed E-state index contributed by atoms with van der Waals surface area (Å²) < 4.78 is 0. The van der Waals surface area contributed by atoms with Crippen molar-refractivity contribution in [3.05, 3.63) is 0 Å². The second-order valence-electron chi connectivity index (χ2n) is 6.71. The van der Waals surface area contributed by atoms with Crippen LogP contribution in [0.5, 0.6) is 0 Å². The molecule has 0 radical (unpaired) electrons. The Morgan fingerprint density at radius 1 is 1.33 bits per heavy atom. The van der Waals surface area contributed by atoms with E-state index in [0.29, 0.717) is 6.42 Å². The first-order valence-electron chi connectivity index (χ1n) is 6.70. The number of nitrogens with one attached hydrogen (secondary N) is 1. The average Bonchev–Trinajstić information content (AvgIpc) is 2.20. The van der Waals surface area contributed by atoms with Crippen molar-refractivity contribution in [3.63, 3.8) is 0 Å². The lowest BCUT2D eigenvalue weighted by Gasteiger charge is -2.51. The molecule has 4 heteroatoms. The number of nitrogens with zero attached hydrogens (tertiary/aromatic N) is 1. The molecule has 104 valence electrons. The first kappa shape index (κ1) is 15.0. The van der Waals surface area contributed by atoms with Crippen LogP contribution in [0.15, 0.2) is 0 Å². The first-order valence-corrected chi connectivity index (χ1v) is 6.70. The van der Waals surface area contributed by atoms with Gasteiger partial charge in [-0.3, -0.25) is 9.59 Å². The zero-order valence-corrected chi connectivity index (χ0v) is 12.6. The summed E-state index contributed by atoms with van der Waals surface area (Å²) in [6.07, 6.45) is 0.606. The number of piperazine rings is 1. The zero-order chi connectivity index (χ0) is 14.3. The number of hydrogen-bond acceptors (Lipinski definition) is 2. The standard InChI is InChI=1S/C14H26N2O2/c1-8-14(7)12(18)16(13(4,5)6)10(9(2)3)11(17)15-14/h9-10H,8H2,1-7H3,(H,15,17). The maximum atomic E-state index is 12.7. The Labute approximate surface area is 110 Å². The SMILES string of the molecule is CCC1(C)NC(=O)C(C(C)C)N(C(C)(C)C)C1=O. The van der Waals surface area contributed by atoms with Crippen LogP contribution < -0.4 is 5.32 Å². The number of amides is 2. The molecule has 1 rings (SSSR count). The third kappa shape index (κ3) is 2.38. The normalized spacial score (nSPS) is 29.8. The Morgan fingerprint density at radius 2 is 1.83 bits per heavy atom. The fourth-order valence-corrected chi connectivity index (χ4v) is 2.47. The van der Waals surface area contributed by atoms with Crippen LogP contribution in [0.4, 0.5) is 0 Å². The highest BCUT2D eigenvalue weighted by molar-refractivity contribution is 6.00. The largest absolute Gasteiger partial charge is 0.340 e. The molecule has 2 unspecified atom stereocenters. The minimum atomic E-state index is -0.768. The lowest BCUT2D eigenvalue weighted by molar-refractivity contribution is -0.162. The van der Waals surface area contributed by atoms with Gasteiger partial charge < -0.3 is 10.2 Å². The molecule has 1 aliphatic heterocycles. The van der Waals surface area contributed by atoms with Gasteiger partial charge in [-0.2, -0.15) is 0 Å². The summed E-state index contributed by atoms with van der Waals surface area (Å²) in [6, 6.07) is -0.378. The maximum Gasteiger partial charge on any atom is 0.249 e. The predicted octanol–water partition coefficient (Wildman–Crippen LogP) is 1.94. The molecule has 2 atom stereocenters. The van der Waals surface area contributed by atoms with Gasteiger partial charge in [-0.1, -0.05) is 20.8 Å². The fraction of sp³-hybridized carbons (Fsp3) is 0.857. The Balaban J connectivity index is 3.27. The molecule has 0 aromatic carbocycles. The van der Waals surface area contributed by atoms with E-state index in [2.05, 4.69) is 5.32 Å². The van der Waals surface area contributed by atoms with Crippen molar-refractivity contribution in [2.75, 3.05) is 0 Å². The van der Waals surface area contributed by atoms with Crippen molar-refractivity contribution in [1.29, 1.82) is 0 Å². The molecular weight excluding hydrogens is 228 g/mol. The highest BCUT2D eigenvalue weighted by Crippen LogP contribution is 2.30. The lowest BCUT2D eigenvalue weighted by atomic mass is 9.85. The van der Waals surface area contributed by atoms with Gasteiger partial charge in [-0.05, 0) is 40.0 Å². The van der Waals surface area contributed by atoms with Crippen LogP contribution in [0, 0.1) is 5.92 Å². The van der Waals surface area contributed by atoms with Crippen LogP contribution in [-0.2, 0) is 9.59 Å². The van der Waals surface area contributed by atoms with Crippen molar-refractivity contribution < 1.29 is 9.59 Å². The van der Waals surface area contributed by atoms with Crippen LogP contribution >= 0.6 is 0 Å². The average molecular weight is 254 g/mol. The van der Waals surface area contributed by atoms with E-state index in [1.54, 1.807) is 4.90 Å². The molecule has 4 nitrogen and oxygen atoms in total. The molecule has 0 aromatic rings. The molecule has 0 bridgehead atoms. The molecule has 0 aliphatic carbocycles. The highest BCUT2D eigenvalue weighted by Gasteiger charge is 2.51. The minimum Gasteiger partial charge on any atom is -0.340 e. The lowest BCUT2D eigenvalue weighted by Crippen LogP contribution is -2.73. The molecule has 18 heavy (non-hydrogen) atoms. The van der Waals surface area contributed by atoms with Crippen LogP contribution in [0.1, 0.15) is 54.9 Å². The fourth-order valence-electron chi connectivity index (χ4n) is 2.47. The molecule has 0 aromatic heterocycles. The van der Waals surface area contributed by atoms with Crippen LogP contribution in [0.2, 0.25) is 0 Å². The topological polar surface area (TPSA) is 49.4 Å². The van der Waals surface area contributed by atoms with E-state index in [1.165, 1.54) is 0 Å². The highest BCUT2D eigenvalue weighted by atomic mass is 16.2.